The average molecular weight is 375 g/mol. The van der Waals surface area contributed by atoms with Crippen LogP contribution >= 0.6 is 11.3 Å². The minimum atomic E-state index is -1.11. The number of nitrogens with one attached hydrogen (secondary N) is 2. The van der Waals surface area contributed by atoms with E-state index < -0.39 is 24.0 Å². The first-order chi connectivity index (χ1) is 12.3. The van der Waals surface area contributed by atoms with Gasteiger partial charge in [-0.2, -0.15) is 0 Å². The highest BCUT2D eigenvalue weighted by Gasteiger charge is 2.24. The summed E-state index contributed by atoms with van der Waals surface area (Å²) in [5, 5.41) is 5.36. The number of aryl methyl sites for hydroxylation is 1. The molecule has 0 aliphatic rings. The number of aromatic nitrogens is 1. The molecule has 0 saturated carbocycles. The Balaban J connectivity index is 2.02. The van der Waals surface area contributed by atoms with Gasteiger partial charge in [-0.25, -0.2) is 14.6 Å². The maximum Gasteiger partial charge on any atom is 0.351 e. The normalized spacial score (nSPS) is 11.7. The van der Waals surface area contributed by atoms with Gasteiger partial charge in [0.2, 0.25) is 0 Å². The van der Waals surface area contributed by atoms with Crippen LogP contribution < -0.4 is 10.6 Å². The molecule has 1 heterocycles. The number of ether oxygens (including phenoxy) is 1. The number of urea groups is 1. The molecule has 2 rings (SSSR count). The van der Waals surface area contributed by atoms with Crippen molar-refractivity contribution in [2.45, 2.75) is 39.8 Å². The van der Waals surface area contributed by atoms with Crippen molar-refractivity contribution in [3.05, 3.63) is 40.9 Å². The highest BCUT2D eigenvalue weighted by atomic mass is 32.1. The van der Waals surface area contributed by atoms with Gasteiger partial charge in [0.05, 0.1) is 5.69 Å². The van der Waals surface area contributed by atoms with E-state index in [1.54, 1.807) is 20.8 Å². The van der Waals surface area contributed by atoms with Crippen molar-refractivity contribution in [1.29, 1.82) is 0 Å². The van der Waals surface area contributed by atoms with Crippen LogP contribution in [0.4, 0.5) is 4.79 Å². The molecule has 2 aromatic rings. The summed E-state index contributed by atoms with van der Waals surface area (Å²) in [5.74, 6) is -1.34. The lowest BCUT2D eigenvalue weighted by Crippen LogP contribution is -2.46. The summed E-state index contributed by atoms with van der Waals surface area (Å²) in [6, 6.07) is 8.73. The lowest BCUT2D eigenvalue weighted by Gasteiger charge is -2.14. The first-order valence-electron chi connectivity index (χ1n) is 8.13. The second kappa shape index (κ2) is 8.57. The summed E-state index contributed by atoms with van der Waals surface area (Å²) < 4.78 is 5.17. The Kier molecular flexibility index (Phi) is 6.46. The molecule has 0 radical (unpaired) electrons. The summed E-state index contributed by atoms with van der Waals surface area (Å²) in [7, 11) is 0. The van der Waals surface area contributed by atoms with E-state index in [9.17, 15) is 14.4 Å². The molecule has 0 saturated heterocycles. The van der Waals surface area contributed by atoms with E-state index >= 15 is 0 Å². The monoisotopic (exact) mass is 375 g/mol. The van der Waals surface area contributed by atoms with Crippen LogP contribution in [0, 0.1) is 6.92 Å². The molecular formula is C18H21N3O4S. The number of rotatable bonds is 5. The highest BCUT2D eigenvalue weighted by molar-refractivity contribution is 7.17. The summed E-state index contributed by atoms with van der Waals surface area (Å²) in [5.41, 5.74) is 1.43. The Hall–Kier alpha value is -2.74. The second-order valence-electron chi connectivity index (χ2n) is 5.96. The van der Waals surface area contributed by atoms with Crippen molar-refractivity contribution in [2.24, 2.45) is 0 Å². The van der Waals surface area contributed by atoms with Crippen LogP contribution in [-0.4, -0.2) is 35.0 Å². The first-order valence-corrected chi connectivity index (χ1v) is 8.94. The Morgan fingerprint density at radius 2 is 1.77 bits per heavy atom. The third kappa shape index (κ3) is 5.13. The van der Waals surface area contributed by atoms with Crippen molar-refractivity contribution in [1.82, 2.24) is 15.6 Å². The van der Waals surface area contributed by atoms with Gasteiger partial charge < -0.3 is 10.1 Å². The van der Waals surface area contributed by atoms with Crippen LogP contribution in [0.2, 0.25) is 0 Å². The molecule has 1 aromatic heterocycles. The van der Waals surface area contributed by atoms with Crippen LogP contribution in [0.1, 0.15) is 36.1 Å². The minimum Gasteiger partial charge on any atom is -0.448 e. The second-order valence-corrected chi connectivity index (χ2v) is 6.96. The van der Waals surface area contributed by atoms with E-state index in [2.05, 4.69) is 15.6 Å². The third-order valence-corrected chi connectivity index (χ3v) is 4.50. The minimum absolute atomic E-state index is 0.114. The van der Waals surface area contributed by atoms with E-state index in [1.807, 2.05) is 30.3 Å². The zero-order valence-corrected chi connectivity index (χ0v) is 15.8. The Bertz CT molecular complexity index is 802. The molecule has 1 aromatic carbocycles. The number of hydrogen-bond acceptors (Lipinski definition) is 6. The van der Waals surface area contributed by atoms with Crippen molar-refractivity contribution in [3.8, 4) is 10.6 Å². The van der Waals surface area contributed by atoms with Crippen molar-refractivity contribution < 1.29 is 19.1 Å². The molecule has 3 amide bonds. The predicted octanol–water partition coefficient (Wildman–Crippen LogP) is 2.90. The summed E-state index contributed by atoms with van der Waals surface area (Å²) >= 11 is 1.20. The van der Waals surface area contributed by atoms with Crippen LogP contribution in [0.25, 0.3) is 10.6 Å². The van der Waals surface area contributed by atoms with Gasteiger partial charge in [-0.1, -0.05) is 30.3 Å². The summed E-state index contributed by atoms with van der Waals surface area (Å²) in [4.78, 5) is 40.6. The molecule has 26 heavy (non-hydrogen) atoms. The number of imide groups is 1. The molecule has 1 atom stereocenters. The van der Waals surface area contributed by atoms with Gasteiger partial charge in [0.25, 0.3) is 5.91 Å². The van der Waals surface area contributed by atoms with Gasteiger partial charge in [0.15, 0.2) is 6.10 Å². The van der Waals surface area contributed by atoms with E-state index in [0.29, 0.717) is 15.6 Å². The van der Waals surface area contributed by atoms with Crippen LogP contribution in [0.5, 0.6) is 0 Å². The SMILES string of the molecule is Cc1nc(-c2ccccc2)sc1C(=O)OC(C)C(=O)NC(=O)NC(C)C. The molecule has 2 N–H and O–H groups in total. The molecular weight excluding hydrogens is 354 g/mol. The van der Waals surface area contributed by atoms with E-state index in [4.69, 9.17) is 4.74 Å². The van der Waals surface area contributed by atoms with Crippen LogP contribution in [0.3, 0.4) is 0 Å². The Morgan fingerprint density at radius 3 is 2.38 bits per heavy atom. The van der Waals surface area contributed by atoms with E-state index in [-0.39, 0.29) is 6.04 Å². The first kappa shape index (κ1) is 19.6. The van der Waals surface area contributed by atoms with Crippen molar-refractivity contribution in [3.63, 3.8) is 0 Å². The molecule has 0 bridgehead atoms. The van der Waals surface area contributed by atoms with Gasteiger partial charge in [0.1, 0.15) is 9.88 Å². The third-order valence-electron chi connectivity index (χ3n) is 3.31. The number of nitrogens with zero attached hydrogens (tertiary/aromatic N) is 1. The fourth-order valence-electron chi connectivity index (χ4n) is 2.07. The molecule has 0 spiro atoms. The van der Waals surface area contributed by atoms with Crippen molar-refractivity contribution in [2.75, 3.05) is 0 Å². The topological polar surface area (TPSA) is 97.4 Å². The average Bonchev–Trinajstić information content (AvgIpc) is 2.96. The zero-order chi connectivity index (χ0) is 19.3. The fourth-order valence-corrected chi connectivity index (χ4v) is 3.02. The van der Waals surface area contributed by atoms with E-state index in [1.165, 1.54) is 18.3 Å². The molecule has 8 heteroatoms. The molecule has 7 nitrogen and oxygen atoms in total. The standard InChI is InChI=1S/C18H21N3O4S/c1-10(2)19-18(24)21-15(22)12(4)25-17(23)14-11(3)20-16(26-14)13-8-6-5-7-9-13/h5-10,12H,1-4H3,(H2,19,21,22,24). The molecule has 138 valence electrons. The maximum atomic E-state index is 12.4. The largest absolute Gasteiger partial charge is 0.448 e. The summed E-state index contributed by atoms with van der Waals surface area (Å²) in [6.07, 6.45) is -1.11. The highest BCUT2D eigenvalue weighted by Crippen LogP contribution is 2.28. The van der Waals surface area contributed by atoms with Gasteiger partial charge in [-0.15, -0.1) is 11.3 Å². The quantitative estimate of drug-likeness (QED) is 0.783. The number of carbonyl (C=O) groups excluding carboxylic acids is 3. The van der Waals surface area contributed by atoms with Crippen LogP contribution in [-0.2, 0) is 9.53 Å². The number of amides is 3. The number of benzene rings is 1. The van der Waals surface area contributed by atoms with Gasteiger partial charge in [0, 0.05) is 11.6 Å². The van der Waals surface area contributed by atoms with Gasteiger partial charge in [-0.3, -0.25) is 10.1 Å². The van der Waals surface area contributed by atoms with Gasteiger partial charge in [-0.05, 0) is 27.7 Å². The fraction of sp³-hybridized carbons (Fsp3) is 0.333. The lowest BCUT2D eigenvalue weighted by atomic mass is 10.2. The van der Waals surface area contributed by atoms with Gasteiger partial charge >= 0.3 is 12.0 Å². The smallest absolute Gasteiger partial charge is 0.351 e. The maximum absolute atomic E-state index is 12.4. The Labute approximate surface area is 155 Å². The van der Waals surface area contributed by atoms with Crippen molar-refractivity contribution >= 4 is 29.2 Å². The predicted molar refractivity (Wildman–Crippen MR) is 99.0 cm³/mol. The van der Waals surface area contributed by atoms with E-state index in [0.717, 1.165) is 5.56 Å². The number of carbonyl (C=O) groups is 3. The Morgan fingerprint density at radius 1 is 1.12 bits per heavy atom. The molecule has 0 aliphatic heterocycles. The zero-order valence-electron chi connectivity index (χ0n) is 15.0. The lowest BCUT2D eigenvalue weighted by molar-refractivity contribution is -0.127. The number of thiazole rings is 1. The molecule has 0 fully saturated rings. The number of esters is 1. The van der Waals surface area contributed by atoms with Crippen LogP contribution in [0.15, 0.2) is 30.3 Å². The molecule has 1 unspecified atom stereocenters. The summed E-state index contributed by atoms with van der Waals surface area (Å²) in [6.45, 7) is 6.65. The molecule has 0 aliphatic carbocycles. The number of hydrogen-bond donors (Lipinski definition) is 2.